The number of hydrogen-bond acceptors (Lipinski definition) is 6. The molecule has 1 aromatic heterocycles. The molecule has 182 valence electrons. The van der Waals surface area contributed by atoms with Crippen LogP contribution in [0.5, 0.6) is 0 Å². The van der Waals surface area contributed by atoms with Crippen molar-refractivity contribution in [3.63, 3.8) is 0 Å². The minimum absolute atomic E-state index is 0.0642. The van der Waals surface area contributed by atoms with Crippen LogP contribution in [-0.2, 0) is 25.6 Å². The van der Waals surface area contributed by atoms with E-state index in [1.165, 1.54) is 6.33 Å². The van der Waals surface area contributed by atoms with Gasteiger partial charge < -0.3 is 30.9 Å². The van der Waals surface area contributed by atoms with Crippen LogP contribution < -0.4 is 16.0 Å². The summed E-state index contributed by atoms with van der Waals surface area (Å²) in [6.45, 7) is 5.03. The number of carboxylic acid groups (broad SMARTS) is 1. The van der Waals surface area contributed by atoms with Crippen LogP contribution in [0.2, 0.25) is 0 Å². The number of carbonyl (C=O) groups excluding carboxylic acids is 3. The molecule has 0 radical (unpaired) electrons. The van der Waals surface area contributed by atoms with Gasteiger partial charge in [0.25, 0.3) is 0 Å². The van der Waals surface area contributed by atoms with E-state index in [1.54, 1.807) is 11.1 Å². The lowest BCUT2D eigenvalue weighted by atomic mass is 10.0. The average molecular weight is 463 g/mol. The van der Waals surface area contributed by atoms with Crippen molar-refractivity contribution in [2.75, 3.05) is 13.1 Å². The lowest BCUT2D eigenvalue weighted by Gasteiger charge is -2.28. The van der Waals surface area contributed by atoms with E-state index in [0.717, 1.165) is 19.4 Å². The van der Waals surface area contributed by atoms with Gasteiger partial charge in [-0.1, -0.05) is 13.8 Å². The lowest BCUT2D eigenvalue weighted by Crippen LogP contribution is -2.57. The Morgan fingerprint density at radius 3 is 2.58 bits per heavy atom. The number of hydrogen-bond donors (Lipinski definition) is 5. The number of aromatic nitrogens is 2. The van der Waals surface area contributed by atoms with Gasteiger partial charge in [-0.25, -0.2) is 9.78 Å². The van der Waals surface area contributed by atoms with Gasteiger partial charge in [0.05, 0.1) is 12.4 Å². The van der Waals surface area contributed by atoms with Crippen LogP contribution in [0.25, 0.3) is 0 Å². The highest BCUT2D eigenvalue weighted by Gasteiger charge is 2.39. The summed E-state index contributed by atoms with van der Waals surface area (Å²) in [5.41, 5.74) is 0.626. The third kappa shape index (κ3) is 6.53. The summed E-state index contributed by atoms with van der Waals surface area (Å²) >= 11 is 0. The monoisotopic (exact) mass is 462 g/mol. The Labute approximate surface area is 193 Å². The first-order valence-electron chi connectivity index (χ1n) is 11.6. The fourth-order valence-electron chi connectivity index (χ4n) is 4.46. The predicted molar refractivity (Wildman–Crippen MR) is 119 cm³/mol. The van der Waals surface area contributed by atoms with Crippen molar-refractivity contribution in [2.24, 2.45) is 5.92 Å². The van der Waals surface area contributed by atoms with E-state index in [4.69, 9.17) is 0 Å². The van der Waals surface area contributed by atoms with Gasteiger partial charge in [-0.3, -0.25) is 14.4 Å². The zero-order valence-corrected chi connectivity index (χ0v) is 19.2. The molecule has 3 heterocycles. The molecule has 5 N–H and O–H groups in total. The molecule has 0 aromatic carbocycles. The Morgan fingerprint density at radius 2 is 1.97 bits per heavy atom. The van der Waals surface area contributed by atoms with Crippen LogP contribution in [0.3, 0.4) is 0 Å². The average Bonchev–Trinajstić information content (AvgIpc) is 3.54. The number of imidazole rings is 1. The van der Waals surface area contributed by atoms with Crippen molar-refractivity contribution in [1.29, 1.82) is 0 Å². The fourth-order valence-corrected chi connectivity index (χ4v) is 4.46. The fraction of sp³-hybridized carbons (Fsp3) is 0.682. The SMILES string of the molecule is CC(C)CC(NC(=O)C(Cc1cnc[nH]1)NC(=O)C1CCCN1C(=O)C1CCCN1)C(=O)O. The highest BCUT2D eigenvalue weighted by molar-refractivity contribution is 5.94. The van der Waals surface area contributed by atoms with E-state index in [9.17, 15) is 24.3 Å². The molecule has 33 heavy (non-hydrogen) atoms. The van der Waals surface area contributed by atoms with E-state index in [0.29, 0.717) is 25.1 Å². The largest absolute Gasteiger partial charge is 0.480 e. The molecule has 3 rings (SSSR count). The van der Waals surface area contributed by atoms with Crippen LogP contribution in [-0.4, -0.2) is 80.9 Å². The van der Waals surface area contributed by atoms with Crippen LogP contribution in [0.1, 0.15) is 51.6 Å². The maximum Gasteiger partial charge on any atom is 0.326 e. The molecule has 0 bridgehead atoms. The zero-order chi connectivity index (χ0) is 24.0. The third-order valence-electron chi connectivity index (χ3n) is 6.13. The van der Waals surface area contributed by atoms with E-state index in [-0.39, 0.29) is 30.7 Å². The number of likely N-dealkylation sites (tertiary alicyclic amines) is 1. The van der Waals surface area contributed by atoms with Crippen molar-refractivity contribution in [3.8, 4) is 0 Å². The minimum atomic E-state index is -1.12. The molecule has 1 aromatic rings. The van der Waals surface area contributed by atoms with E-state index >= 15 is 0 Å². The topological polar surface area (TPSA) is 157 Å². The Hall–Kier alpha value is -2.95. The first-order chi connectivity index (χ1) is 15.8. The van der Waals surface area contributed by atoms with Crippen molar-refractivity contribution in [2.45, 2.75) is 76.5 Å². The number of rotatable bonds is 10. The molecule has 2 aliphatic rings. The summed E-state index contributed by atoms with van der Waals surface area (Å²) < 4.78 is 0. The number of aromatic amines is 1. The molecule has 4 atom stereocenters. The molecule has 2 fully saturated rings. The van der Waals surface area contributed by atoms with Crippen molar-refractivity contribution < 1.29 is 24.3 Å². The summed E-state index contributed by atoms with van der Waals surface area (Å²) in [7, 11) is 0. The van der Waals surface area contributed by atoms with Gasteiger partial charge in [0.2, 0.25) is 17.7 Å². The van der Waals surface area contributed by atoms with Gasteiger partial charge in [-0.15, -0.1) is 0 Å². The molecule has 4 unspecified atom stereocenters. The molecule has 0 aliphatic carbocycles. The second-order valence-electron chi connectivity index (χ2n) is 9.21. The molecule has 0 spiro atoms. The van der Waals surface area contributed by atoms with Gasteiger partial charge in [0, 0.05) is 24.9 Å². The maximum absolute atomic E-state index is 13.2. The van der Waals surface area contributed by atoms with Gasteiger partial charge in [0.1, 0.15) is 18.1 Å². The molecule has 2 saturated heterocycles. The predicted octanol–water partition coefficient (Wildman–Crippen LogP) is -0.204. The smallest absolute Gasteiger partial charge is 0.326 e. The van der Waals surface area contributed by atoms with Crippen LogP contribution in [0.15, 0.2) is 12.5 Å². The highest BCUT2D eigenvalue weighted by Crippen LogP contribution is 2.21. The van der Waals surface area contributed by atoms with E-state index in [1.807, 2.05) is 13.8 Å². The molecular formula is C22H34N6O5. The summed E-state index contributed by atoms with van der Waals surface area (Å²) in [5.74, 6) is -2.13. The first-order valence-corrected chi connectivity index (χ1v) is 11.6. The molecule has 11 nitrogen and oxygen atoms in total. The second-order valence-corrected chi connectivity index (χ2v) is 9.21. The molecular weight excluding hydrogens is 428 g/mol. The first kappa shape index (κ1) is 24.7. The van der Waals surface area contributed by atoms with Crippen LogP contribution >= 0.6 is 0 Å². The Balaban J connectivity index is 1.70. The minimum Gasteiger partial charge on any atom is -0.480 e. The normalized spacial score (nSPS) is 22.2. The number of carbonyl (C=O) groups is 4. The van der Waals surface area contributed by atoms with Crippen LogP contribution in [0.4, 0.5) is 0 Å². The lowest BCUT2D eigenvalue weighted by molar-refractivity contribution is -0.143. The van der Waals surface area contributed by atoms with Crippen molar-refractivity contribution in [3.05, 3.63) is 18.2 Å². The Morgan fingerprint density at radius 1 is 1.18 bits per heavy atom. The molecule has 0 saturated carbocycles. The Bertz CT molecular complexity index is 836. The second kappa shape index (κ2) is 11.3. The standard InChI is InChI=1S/C22H34N6O5/c1-13(2)9-17(22(32)33)27-19(29)16(10-14-11-23-12-25-14)26-20(30)18-6-4-8-28(18)21(31)15-5-3-7-24-15/h11-13,15-18,24H,3-10H2,1-2H3,(H,23,25)(H,26,30)(H,27,29)(H,32,33). The van der Waals surface area contributed by atoms with Gasteiger partial charge in [-0.05, 0) is 44.6 Å². The Kier molecular flexibility index (Phi) is 8.43. The molecule has 3 amide bonds. The van der Waals surface area contributed by atoms with Crippen molar-refractivity contribution in [1.82, 2.24) is 30.8 Å². The van der Waals surface area contributed by atoms with E-state index in [2.05, 4.69) is 25.9 Å². The number of carboxylic acids is 1. The van der Waals surface area contributed by atoms with Gasteiger partial charge in [0.15, 0.2) is 0 Å². The van der Waals surface area contributed by atoms with Crippen LogP contribution in [0, 0.1) is 5.92 Å². The summed E-state index contributed by atoms with van der Waals surface area (Å²) in [4.78, 5) is 59.1. The number of aliphatic carboxylic acids is 1. The number of nitrogens with zero attached hydrogens (tertiary/aromatic N) is 2. The summed E-state index contributed by atoms with van der Waals surface area (Å²) in [6, 6.07) is -2.98. The van der Waals surface area contributed by atoms with Gasteiger partial charge in [-0.2, -0.15) is 0 Å². The number of nitrogens with one attached hydrogen (secondary N) is 4. The molecule has 11 heteroatoms. The van der Waals surface area contributed by atoms with Crippen molar-refractivity contribution >= 4 is 23.7 Å². The summed E-state index contributed by atoms with van der Waals surface area (Å²) in [5, 5.41) is 18.0. The molecule has 2 aliphatic heterocycles. The number of amides is 3. The third-order valence-corrected chi connectivity index (χ3v) is 6.13. The zero-order valence-electron chi connectivity index (χ0n) is 19.2. The maximum atomic E-state index is 13.2. The van der Waals surface area contributed by atoms with E-state index < -0.39 is 35.9 Å². The number of H-pyrrole nitrogens is 1. The highest BCUT2D eigenvalue weighted by atomic mass is 16.4. The van der Waals surface area contributed by atoms with Gasteiger partial charge >= 0.3 is 5.97 Å². The quantitative estimate of drug-likeness (QED) is 0.322. The summed E-state index contributed by atoms with van der Waals surface area (Å²) in [6.07, 6.45) is 6.32.